The van der Waals surface area contributed by atoms with E-state index in [0.29, 0.717) is 12.8 Å². The minimum Gasteiger partial charge on any atom is -0.480 e. The van der Waals surface area contributed by atoms with Crippen molar-refractivity contribution in [2.45, 2.75) is 174 Å². The monoisotopic (exact) mass is 822 g/mol. The number of carbonyl (C=O) groups is 3. The van der Waals surface area contributed by atoms with Gasteiger partial charge in [-0.25, -0.2) is 4.57 Å². The van der Waals surface area contributed by atoms with E-state index >= 15 is 0 Å². The number of nitrogens with two attached hydrogens (primary N) is 1. The van der Waals surface area contributed by atoms with Gasteiger partial charge in [0.1, 0.15) is 12.6 Å². The lowest BCUT2D eigenvalue weighted by Crippen LogP contribution is -2.34. The highest BCUT2D eigenvalue weighted by Gasteiger charge is 2.28. The number of allylic oxidation sites excluding steroid dienone is 12. The summed E-state index contributed by atoms with van der Waals surface area (Å²) in [6.45, 7) is 2.58. The van der Waals surface area contributed by atoms with E-state index in [0.717, 1.165) is 51.4 Å². The molecule has 57 heavy (non-hydrogen) atoms. The first-order chi connectivity index (χ1) is 27.6. The van der Waals surface area contributed by atoms with Crippen LogP contribution >= 0.6 is 7.82 Å². The Kier molecular flexibility index (Phi) is 37.6. The number of carboxylic acid groups (broad SMARTS) is 1. The molecule has 0 rings (SSSR count). The molecule has 0 bridgehead atoms. The van der Waals surface area contributed by atoms with Crippen LogP contribution in [-0.2, 0) is 37.5 Å². The first-order valence-corrected chi connectivity index (χ1v) is 23.0. The first kappa shape index (κ1) is 53.9. The number of phosphoric acid groups is 1. The van der Waals surface area contributed by atoms with Crippen molar-refractivity contribution in [3.63, 3.8) is 0 Å². The number of carbonyl (C=O) groups excluding carboxylic acids is 2. The van der Waals surface area contributed by atoms with Crippen LogP contribution in [-0.4, -0.2) is 59.9 Å². The van der Waals surface area contributed by atoms with Gasteiger partial charge in [0.25, 0.3) is 0 Å². The fraction of sp³-hybridized carbons (Fsp3) is 0.667. The van der Waals surface area contributed by atoms with Gasteiger partial charge in [-0.15, -0.1) is 0 Å². The normalized spacial score (nSPS) is 14.5. The van der Waals surface area contributed by atoms with Crippen LogP contribution in [0.3, 0.4) is 0 Å². The molecule has 326 valence electrons. The number of ether oxygens (including phenoxy) is 2. The summed E-state index contributed by atoms with van der Waals surface area (Å²) < 4.78 is 32.6. The van der Waals surface area contributed by atoms with Crippen molar-refractivity contribution in [3.8, 4) is 0 Å². The zero-order valence-corrected chi connectivity index (χ0v) is 36.0. The van der Waals surface area contributed by atoms with E-state index in [9.17, 15) is 23.8 Å². The second-order valence-electron chi connectivity index (χ2n) is 14.2. The lowest BCUT2D eigenvalue weighted by molar-refractivity contribution is -0.161. The zero-order chi connectivity index (χ0) is 42.1. The summed E-state index contributed by atoms with van der Waals surface area (Å²) in [4.78, 5) is 45.9. The number of carboxylic acids is 1. The lowest BCUT2D eigenvalue weighted by atomic mass is 10.1. The van der Waals surface area contributed by atoms with Crippen LogP contribution in [0.4, 0.5) is 0 Å². The van der Waals surface area contributed by atoms with Crippen molar-refractivity contribution >= 4 is 25.7 Å². The second kappa shape index (κ2) is 39.7. The van der Waals surface area contributed by atoms with Crippen LogP contribution in [0.25, 0.3) is 0 Å². The molecule has 0 aliphatic carbocycles. The van der Waals surface area contributed by atoms with Gasteiger partial charge >= 0.3 is 25.7 Å². The third-order valence-corrected chi connectivity index (χ3v) is 9.76. The van der Waals surface area contributed by atoms with Gasteiger partial charge < -0.3 is 25.2 Å². The van der Waals surface area contributed by atoms with Gasteiger partial charge in [0.2, 0.25) is 0 Å². The Balaban J connectivity index is 4.38. The maximum Gasteiger partial charge on any atom is 0.472 e. The minimum absolute atomic E-state index is 0.111. The van der Waals surface area contributed by atoms with Crippen LogP contribution in [0.1, 0.15) is 162 Å². The highest BCUT2D eigenvalue weighted by atomic mass is 31.2. The molecule has 0 heterocycles. The Morgan fingerprint density at radius 2 is 0.982 bits per heavy atom. The maximum atomic E-state index is 12.6. The molecule has 0 aliphatic heterocycles. The summed E-state index contributed by atoms with van der Waals surface area (Å²) in [5.74, 6) is -2.44. The molecule has 0 aromatic carbocycles. The number of esters is 2. The van der Waals surface area contributed by atoms with E-state index < -0.39 is 51.1 Å². The Bertz CT molecular complexity index is 1240. The standard InChI is InChI=1S/C45H76NO10P/c1-3-5-7-9-11-13-15-17-18-19-20-21-22-23-25-26-28-30-32-34-36-43(47)53-38-41(39-54-57(51,52)55-40-42(46)45(49)50)56-44(48)37-35-33-31-29-27-24-16-14-12-10-8-6-4-2/h6,8,10,12-18,24,27,41-42H,3-5,7,9,11,19-23,25-26,28-40,46H2,1-2H3,(H,49,50)(H,51,52)/b8-6+,12-10+,15-13+,16-14+,18-17+,27-24+/t41?,42-/m1/s1. The average Bonchev–Trinajstić information content (AvgIpc) is 3.19. The molecule has 3 atom stereocenters. The number of hydrogen-bond acceptors (Lipinski definition) is 9. The number of unbranched alkanes of at least 4 members (excludes halogenated alkanes) is 17. The molecule has 0 aromatic heterocycles. The summed E-state index contributed by atoms with van der Waals surface area (Å²) in [5.41, 5.74) is 5.32. The highest BCUT2D eigenvalue weighted by Crippen LogP contribution is 2.43. The molecule has 0 aromatic rings. The highest BCUT2D eigenvalue weighted by molar-refractivity contribution is 7.47. The van der Waals surface area contributed by atoms with Gasteiger partial charge in [-0.3, -0.25) is 23.4 Å². The molecule has 0 saturated carbocycles. The molecule has 0 saturated heterocycles. The molecule has 0 fully saturated rings. The molecule has 0 spiro atoms. The van der Waals surface area contributed by atoms with Crippen molar-refractivity contribution in [1.29, 1.82) is 0 Å². The van der Waals surface area contributed by atoms with Gasteiger partial charge in [0, 0.05) is 12.8 Å². The smallest absolute Gasteiger partial charge is 0.472 e. The van der Waals surface area contributed by atoms with Crippen molar-refractivity contribution in [2.75, 3.05) is 19.8 Å². The topological polar surface area (TPSA) is 172 Å². The quantitative estimate of drug-likeness (QED) is 0.0233. The van der Waals surface area contributed by atoms with E-state index in [2.05, 4.69) is 54.8 Å². The maximum absolute atomic E-state index is 12.6. The average molecular weight is 822 g/mol. The van der Waals surface area contributed by atoms with Crippen LogP contribution in [0.15, 0.2) is 72.9 Å². The summed E-state index contributed by atoms with van der Waals surface area (Å²) in [5, 5.41) is 8.88. The summed E-state index contributed by atoms with van der Waals surface area (Å²) >= 11 is 0. The van der Waals surface area contributed by atoms with Crippen LogP contribution < -0.4 is 5.73 Å². The number of rotatable bonds is 39. The van der Waals surface area contributed by atoms with Crippen molar-refractivity contribution in [3.05, 3.63) is 72.9 Å². The van der Waals surface area contributed by atoms with Crippen LogP contribution in [0.5, 0.6) is 0 Å². The molecule has 2 unspecified atom stereocenters. The molecule has 12 heteroatoms. The Labute approximate surface area is 344 Å². The van der Waals surface area contributed by atoms with Crippen molar-refractivity contribution in [1.82, 2.24) is 0 Å². The predicted octanol–water partition coefficient (Wildman–Crippen LogP) is 11.3. The predicted molar refractivity (Wildman–Crippen MR) is 231 cm³/mol. The van der Waals surface area contributed by atoms with E-state index in [4.69, 9.17) is 24.8 Å². The minimum atomic E-state index is -4.73. The number of hydrogen-bond donors (Lipinski definition) is 3. The molecule has 0 radical (unpaired) electrons. The van der Waals surface area contributed by atoms with Gasteiger partial charge in [0.05, 0.1) is 13.2 Å². The van der Waals surface area contributed by atoms with Crippen molar-refractivity contribution < 1.29 is 47.5 Å². The molecular weight excluding hydrogens is 745 g/mol. The summed E-state index contributed by atoms with van der Waals surface area (Å²) in [6.07, 6.45) is 46.9. The number of aliphatic carboxylic acids is 1. The Morgan fingerprint density at radius 1 is 0.561 bits per heavy atom. The molecule has 0 aliphatic rings. The van der Waals surface area contributed by atoms with Crippen LogP contribution in [0.2, 0.25) is 0 Å². The van der Waals surface area contributed by atoms with Crippen molar-refractivity contribution in [2.24, 2.45) is 5.73 Å². The Hall–Kier alpha value is -3.08. The van der Waals surface area contributed by atoms with Gasteiger partial charge in [-0.05, 0) is 57.8 Å². The van der Waals surface area contributed by atoms with E-state index in [1.54, 1.807) is 0 Å². The van der Waals surface area contributed by atoms with E-state index in [1.165, 1.54) is 70.6 Å². The fourth-order valence-electron chi connectivity index (χ4n) is 5.42. The number of phosphoric ester groups is 1. The summed E-state index contributed by atoms with van der Waals surface area (Å²) in [6, 6.07) is -1.53. The first-order valence-electron chi connectivity index (χ1n) is 21.5. The lowest BCUT2D eigenvalue weighted by Gasteiger charge is -2.20. The zero-order valence-electron chi connectivity index (χ0n) is 35.2. The largest absolute Gasteiger partial charge is 0.480 e. The second-order valence-corrected chi connectivity index (χ2v) is 15.7. The molecular formula is C45H76NO10P. The SMILES string of the molecule is CC/C=C/C=C/C=C/C=C/CCCCCC(=O)OC(COC(=O)CCCCCCCCCCCC/C=C/C=C/CCCCCC)COP(=O)(O)OC[C@@H](N)C(=O)O. The molecule has 11 nitrogen and oxygen atoms in total. The van der Waals surface area contributed by atoms with Crippen LogP contribution in [0, 0.1) is 0 Å². The Morgan fingerprint density at radius 3 is 1.51 bits per heavy atom. The fourth-order valence-corrected chi connectivity index (χ4v) is 6.20. The van der Waals surface area contributed by atoms with E-state index in [1.807, 2.05) is 36.5 Å². The van der Waals surface area contributed by atoms with Gasteiger partial charge in [-0.2, -0.15) is 0 Å². The summed E-state index contributed by atoms with van der Waals surface area (Å²) in [7, 11) is -4.73. The third kappa shape index (κ3) is 39.5. The molecule has 0 amide bonds. The third-order valence-electron chi connectivity index (χ3n) is 8.81. The van der Waals surface area contributed by atoms with E-state index in [-0.39, 0.29) is 19.4 Å². The molecule has 4 N–H and O–H groups in total. The van der Waals surface area contributed by atoms with Gasteiger partial charge in [-0.1, -0.05) is 164 Å². The van der Waals surface area contributed by atoms with Gasteiger partial charge in [0.15, 0.2) is 6.10 Å².